The normalized spacial score (nSPS) is 9.21. The maximum atomic E-state index is 7.90. The van der Waals surface area contributed by atoms with Gasteiger partial charge in [0.15, 0.2) is 0 Å². The Hall–Kier alpha value is -2.13. The molecule has 0 saturated carbocycles. The van der Waals surface area contributed by atoms with Gasteiger partial charge in [0.05, 0.1) is 5.71 Å². The fourth-order valence-electron chi connectivity index (χ4n) is 1.51. The van der Waals surface area contributed by atoms with Crippen molar-refractivity contribution in [1.82, 2.24) is 0 Å². The Morgan fingerprint density at radius 2 is 1.58 bits per heavy atom. The van der Waals surface area contributed by atoms with Gasteiger partial charge in [0.1, 0.15) is 12.4 Å². The molecule has 0 aromatic heterocycles. The SMILES string of the molecule is CO.Cc1ccc(OCC(=N)c2ccccc2)cc1. The molecule has 3 nitrogen and oxygen atoms in total. The zero-order valence-corrected chi connectivity index (χ0v) is 11.3. The van der Waals surface area contributed by atoms with Crippen LogP contribution < -0.4 is 4.74 Å². The lowest BCUT2D eigenvalue weighted by Crippen LogP contribution is -2.11. The standard InChI is InChI=1S/C15H15NO.CH4O/c1-12-7-9-14(10-8-12)17-11-15(16)13-5-3-2-4-6-13;1-2/h2-10,16H,11H2,1H3;2H,1H3. The van der Waals surface area contributed by atoms with Crippen LogP contribution in [-0.2, 0) is 0 Å². The summed E-state index contributed by atoms with van der Waals surface area (Å²) in [5, 5.41) is 14.9. The number of benzene rings is 2. The summed E-state index contributed by atoms with van der Waals surface area (Å²) in [4.78, 5) is 0. The van der Waals surface area contributed by atoms with Gasteiger partial charge in [-0.2, -0.15) is 0 Å². The molecule has 0 aliphatic carbocycles. The second-order valence-electron chi connectivity index (χ2n) is 3.95. The Kier molecular flexibility index (Phi) is 6.33. The fraction of sp³-hybridized carbons (Fsp3) is 0.188. The summed E-state index contributed by atoms with van der Waals surface area (Å²) in [7, 11) is 1.00. The molecule has 100 valence electrons. The van der Waals surface area contributed by atoms with Crippen molar-refractivity contribution in [3.8, 4) is 5.75 Å². The first kappa shape index (κ1) is 14.9. The summed E-state index contributed by atoms with van der Waals surface area (Å²) in [6, 6.07) is 17.5. The van der Waals surface area contributed by atoms with Crippen molar-refractivity contribution in [2.45, 2.75) is 6.92 Å². The number of aliphatic hydroxyl groups excluding tert-OH is 1. The maximum Gasteiger partial charge on any atom is 0.130 e. The molecule has 3 heteroatoms. The van der Waals surface area contributed by atoms with Crippen LogP contribution in [0.25, 0.3) is 0 Å². The van der Waals surface area contributed by atoms with E-state index in [2.05, 4.69) is 0 Å². The fourth-order valence-corrected chi connectivity index (χ4v) is 1.51. The summed E-state index contributed by atoms with van der Waals surface area (Å²) in [6.07, 6.45) is 0. The summed E-state index contributed by atoms with van der Waals surface area (Å²) in [6.45, 7) is 2.34. The monoisotopic (exact) mass is 257 g/mol. The van der Waals surface area contributed by atoms with Crippen LogP contribution >= 0.6 is 0 Å². The van der Waals surface area contributed by atoms with Gasteiger partial charge in [0, 0.05) is 7.11 Å². The third kappa shape index (κ3) is 4.94. The summed E-state index contributed by atoms with van der Waals surface area (Å²) in [5.74, 6) is 0.802. The lowest BCUT2D eigenvalue weighted by molar-refractivity contribution is 0.376. The molecule has 0 unspecified atom stereocenters. The van der Waals surface area contributed by atoms with E-state index in [1.165, 1.54) is 5.56 Å². The van der Waals surface area contributed by atoms with E-state index in [0.717, 1.165) is 18.4 Å². The Labute approximate surface area is 114 Å². The highest BCUT2D eigenvalue weighted by molar-refractivity contribution is 5.99. The lowest BCUT2D eigenvalue weighted by Gasteiger charge is -2.07. The molecular weight excluding hydrogens is 238 g/mol. The van der Waals surface area contributed by atoms with Crippen molar-refractivity contribution in [2.75, 3.05) is 13.7 Å². The molecule has 2 aromatic rings. The van der Waals surface area contributed by atoms with E-state index < -0.39 is 0 Å². The molecule has 0 amide bonds. The number of aliphatic hydroxyl groups is 1. The van der Waals surface area contributed by atoms with Crippen LogP contribution in [0.15, 0.2) is 54.6 Å². The second kappa shape index (κ2) is 8.06. The highest BCUT2D eigenvalue weighted by Crippen LogP contribution is 2.12. The van der Waals surface area contributed by atoms with Gasteiger partial charge in [-0.3, -0.25) is 0 Å². The Morgan fingerprint density at radius 1 is 1.00 bits per heavy atom. The zero-order chi connectivity index (χ0) is 14.1. The van der Waals surface area contributed by atoms with Crippen molar-refractivity contribution < 1.29 is 9.84 Å². The molecule has 0 radical (unpaired) electrons. The number of hydrogen-bond donors (Lipinski definition) is 2. The van der Waals surface area contributed by atoms with E-state index in [1.54, 1.807) is 0 Å². The number of rotatable bonds is 4. The second-order valence-corrected chi connectivity index (χ2v) is 3.95. The summed E-state index contributed by atoms with van der Waals surface area (Å²) < 4.78 is 5.55. The van der Waals surface area contributed by atoms with Crippen LogP contribution in [0.1, 0.15) is 11.1 Å². The van der Waals surface area contributed by atoms with Gasteiger partial charge in [-0.1, -0.05) is 48.0 Å². The van der Waals surface area contributed by atoms with Gasteiger partial charge in [0.2, 0.25) is 0 Å². The van der Waals surface area contributed by atoms with E-state index in [9.17, 15) is 0 Å². The van der Waals surface area contributed by atoms with Crippen LogP contribution in [-0.4, -0.2) is 24.5 Å². The molecule has 2 rings (SSSR count). The molecule has 0 fully saturated rings. The van der Waals surface area contributed by atoms with Gasteiger partial charge in [-0.15, -0.1) is 0 Å². The Balaban J connectivity index is 0.000000861. The minimum atomic E-state index is 0.299. The number of hydrogen-bond acceptors (Lipinski definition) is 3. The number of ether oxygens (including phenoxy) is 1. The largest absolute Gasteiger partial charge is 0.487 e. The molecule has 0 aliphatic rings. The first-order valence-corrected chi connectivity index (χ1v) is 6.03. The molecular formula is C16H19NO2. The molecule has 2 N–H and O–H groups in total. The molecule has 0 atom stereocenters. The summed E-state index contributed by atoms with van der Waals surface area (Å²) in [5.41, 5.74) is 2.60. The minimum Gasteiger partial charge on any atom is -0.487 e. The van der Waals surface area contributed by atoms with Crippen LogP contribution in [0.4, 0.5) is 0 Å². The van der Waals surface area contributed by atoms with Crippen LogP contribution in [0.3, 0.4) is 0 Å². The quantitative estimate of drug-likeness (QED) is 0.827. The minimum absolute atomic E-state index is 0.299. The van der Waals surface area contributed by atoms with Crippen molar-refractivity contribution in [1.29, 1.82) is 5.41 Å². The van der Waals surface area contributed by atoms with Crippen LogP contribution in [0.5, 0.6) is 5.75 Å². The van der Waals surface area contributed by atoms with Gasteiger partial charge in [-0.05, 0) is 24.6 Å². The maximum absolute atomic E-state index is 7.90. The van der Waals surface area contributed by atoms with Gasteiger partial charge in [-0.25, -0.2) is 0 Å². The van der Waals surface area contributed by atoms with Crippen LogP contribution in [0, 0.1) is 12.3 Å². The first-order chi connectivity index (χ1) is 9.25. The molecule has 0 heterocycles. The molecule has 2 aromatic carbocycles. The Morgan fingerprint density at radius 3 is 2.16 bits per heavy atom. The predicted molar refractivity (Wildman–Crippen MR) is 78.1 cm³/mol. The zero-order valence-electron chi connectivity index (χ0n) is 11.3. The number of nitrogens with one attached hydrogen (secondary N) is 1. The van der Waals surface area contributed by atoms with E-state index >= 15 is 0 Å². The predicted octanol–water partition coefficient (Wildman–Crippen LogP) is 3.05. The molecule has 19 heavy (non-hydrogen) atoms. The van der Waals surface area contributed by atoms with E-state index in [1.807, 2.05) is 61.5 Å². The molecule has 0 saturated heterocycles. The van der Waals surface area contributed by atoms with Crippen molar-refractivity contribution in [3.05, 3.63) is 65.7 Å². The third-order valence-corrected chi connectivity index (χ3v) is 2.53. The molecule has 0 bridgehead atoms. The van der Waals surface area contributed by atoms with Crippen molar-refractivity contribution in [3.63, 3.8) is 0 Å². The topological polar surface area (TPSA) is 53.3 Å². The molecule has 0 aliphatic heterocycles. The molecule has 0 spiro atoms. The van der Waals surface area contributed by atoms with Gasteiger partial charge < -0.3 is 15.3 Å². The van der Waals surface area contributed by atoms with Crippen LogP contribution in [0.2, 0.25) is 0 Å². The van der Waals surface area contributed by atoms with E-state index in [4.69, 9.17) is 15.3 Å². The Bertz CT molecular complexity index is 492. The third-order valence-electron chi connectivity index (χ3n) is 2.53. The highest BCUT2D eigenvalue weighted by atomic mass is 16.5. The summed E-state index contributed by atoms with van der Waals surface area (Å²) >= 11 is 0. The van der Waals surface area contributed by atoms with E-state index in [-0.39, 0.29) is 0 Å². The average molecular weight is 257 g/mol. The van der Waals surface area contributed by atoms with Crippen molar-refractivity contribution in [2.24, 2.45) is 0 Å². The first-order valence-electron chi connectivity index (χ1n) is 6.03. The van der Waals surface area contributed by atoms with Gasteiger partial charge in [0.25, 0.3) is 0 Å². The highest BCUT2D eigenvalue weighted by Gasteiger charge is 2.01. The number of aryl methyl sites for hydroxylation is 1. The average Bonchev–Trinajstić information content (AvgIpc) is 2.49. The van der Waals surface area contributed by atoms with Crippen molar-refractivity contribution >= 4 is 5.71 Å². The van der Waals surface area contributed by atoms with Gasteiger partial charge >= 0.3 is 0 Å². The van der Waals surface area contributed by atoms with E-state index in [0.29, 0.717) is 12.3 Å². The lowest BCUT2D eigenvalue weighted by atomic mass is 10.1. The smallest absolute Gasteiger partial charge is 0.130 e.